The number of nitrogens with zero attached hydrogens (tertiary/aromatic N) is 1. The van der Waals surface area contributed by atoms with Crippen molar-refractivity contribution in [2.45, 2.75) is 159 Å². The number of allylic oxidation sites excluding steroid dienone is 1. The van der Waals surface area contributed by atoms with E-state index in [0.29, 0.717) is 23.4 Å². The highest BCUT2D eigenvalue weighted by atomic mass is 16.8. The zero-order valence-corrected chi connectivity index (χ0v) is 33.6. The summed E-state index contributed by atoms with van der Waals surface area (Å²) in [4.78, 5) is 49.2. The van der Waals surface area contributed by atoms with E-state index in [2.05, 4.69) is 49.6 Å². The summed E-state index contributed by atoms with van der Waals surface area (Å²) in [6.45, 7) is 8.35. The molecule has 13 nitrogen and oxygen atoms in total. The van der Waals surface area contributed by atoms with Crippen molar-refractivity contribution >= 4 is 23.9 Å². The summed E-state index contributed by atoms with van der Waals surface area (Å²) in [6, 6.07) is 5.84. The lowest BCUT2D eigenvalue weighted by molar-refractivity contribution is -0.235. The maximum absolute atomic E-state index is 14.9. The van der Waals surface area contributed by atoms with Gasteiger partial charge in [-0.25, -0.2) is 0 Å². The SMILES string of the molecule is CC(O)C(NC(=O)C12CC3OC(=O)C1N(Cc1cccc(C=C4CCC5OC5(C)CCC5C4CC5(C)C)c1)OC2C1OC(C2CC2)(C2CC2)OC31)C(=O)NCCO. The molecule has 9 aliphatic rings. The molecule has 4 heterocycles. The Bertz CT molecular complexity index is 1830. The lowest BCUT2D eigenvalue weighted by Gasteiger charge is -2.53. The van der Waals surface area contributed by atoms with Crippen LogP contribution in [-0.4, -0.2) is 106 Å². The van der Waals surface area contributed by atoms with Gasteiger partial charge in [-0.05, 0) is 100 Å². The molecule has 310 valence electrons. The Morgan fingerprint density at radius 2 is 1.77 bits per heavy atom. The second-order valence-corrected chi connectivity index (χ2v) is 19.7. The molecule has 5 saturated carbocycles. The van der Waals surface area contributed by atoms with Gasteiger partial charge < -0.3 is 39.8 Å². The molecular formula is C44H59N3O10. The molecule has 0 spiro atoms. The number of fused-ring (bicyclic) bond motifs is 6. The average molecular weight is 790 g/mol. The first-order chi connectivity index (χ1) is 27.3. The fraction of sp³-hybridized carbons (Fsp3) is 0.750. The van der Waals surface area contributed by atoms with E-state index in [1.807, 2.05) is 12.1 Å². The first-order valence-corrected chi connectivity index (χ1v) is 21.6. The van der Waals surface area contributed by atoms with Crippen LogP contribution in [0.25, 0.3) is 6.08 Å². The summed E-state index contributed by atoms with van der Waals surface area (Å²) in [6.07, 6.45) is 8.04. The van der Waals surface area contributed by atoms with E-state index in [-0.39, 0.29) is 43.6 Å². The molecular weight excluding hydrogens is 730 g/mol. The Balaban J connectivity index is 0.965. The van der Waals surface area contributed by atoms with E-state index in [0.717, 1.165) is 56.1 Å². The molecule has 12 atom stereocenters. The van der Waals surface area contributed by atoms with Crippen LogP contribution in [0.4, 0.5) is 0 Å². The molecule has 5 aliphatic carbocycles. The molecule has 4 saturated heterocycles. The summed E-state index contributed by atoms with van der Waals surface area (Å²) in [7, 11) is 0. The van der Waals surface area contributed by atoms with Crippen molar-refractivity contribution in [1.82, 2.24) is 15.7 Å². The van der Waals surface area contributed by atoms with Crippen molar-refractivity contribution in [2.75, 3.05) is 13.2 Å². The zero-order chi connectivity index (χ0) is 39.6. The monoisotopic (exact) mass is 789 g/mol. The highest BCUT2D eigenvalue weighted by molar-refractivity contribution is 5.96. The van der Waals surface area contributed by atoms with E-state index in [1.54, 1.807) is 5.06 Å². The summed E-state index contributed by atoms with van der Waals surface area (Å²) in [5, 5.41) is 27.0. The third-order valence-corrected chi connectivity index (χ3v) is 15.4. The molecule has 13 heteroatoms. The van der Waals surface area contributed by atoms with E-state index in [1.165, 1.54) is 25.3 Å². The van der Waals surface area contributed by atoms with Gasteiger partial charge in [-0.1, -0.05) is 49.8 Å². The predicted molar refractivity (Wildman–Crippen MR) is 204 cm³/mol. The number of hydrogen-bond donors (Lipinski definition) is 4. The molecule has 0 radical (unpaired) electrons. The van der Waals surface area contributed by atoms with Crippen LogP contribution in [-0.2, 0) is 44.7 Å². The number of aliphatic hydroxyl groups is 2. The molecule has 4 aliphatic heterocycles. The van der Waals surface area contributed by atoms with Crippen LogP contribution in [0.3, 0.4) is 0 Å². The van der Waals surface area contributed by atoms with Gasteiger partial charge in [0.1, 0.15) is 35.9 Å². The van der Waals surface area contributed by atoms with Crippen molar-refractivity contribution in [3.05, 3.63) is 41.0 Å². The topological polar surface area (TPSA) is 168 Å². The number of epoxide rings is 1. The minimum Gasteiger partial charge on any atom is -0.458 e. The van der Waals surface area contributed by atoms with Gasteiger partial charge >= 0.3 is 5.97 Å². The highest BCUT2D eigenvalue weighted by Gasteiger charge is 2.78. The molecule has 1 aromatic carbocycles. The fourth-order valence-corrected chi connectivity index (χ4v) is 12.0. The van der Waals surface area contributed by atoms with Crippen molar-refractivity contribution in [3.63, 3.8) is 0 Å². The van der Waals surface area contributed by atoms with Crippen LogP contribution in [0.1, 0.15) is 103 Å². The highest BCUT2D eigenvalue weighted by Crippen LogP contribution is 2.64. The Labute approximate surface area is 334 Å². The molecule has 9 fully saturated rings. The standard InChI is InChI=1S/C44H59N3O10/c1-23(49)33(38(50)45-16-17-48)46-40(52)43-21-31-34-35(56-44(55-34,27-9-10-27)28-11-12-28)37(43)57-47(36(43)39(51)53-31)22-25-7-5-6-24(18-25)19-26-8-13-32-42(4,54-32)15-14-30-29(26)20-41(30,2)3/h5-7,18-19,23,27-37,48-49H,8-17,20-22H2,1-4H3,(H,45,50)(H,46,52). The lowest BCUT2D eigenvalue weighted by atomic mass is 9.52. The number of hydrogen-bond acceptors (Lipinski definition) is 11. The Kier molecular flexibility index (Phi) is 9.11. The average Bonchev–Trinajstić information content (AvgIpc) is 4.11. The summed E-state index contributed by atoms with van der Waals surface area (Å²) in [5.41, 5.74) is 2.30. The number of rotatable bonds is 11. The number of carbonyl (C=O) groups is 3. The van der Waals surface area contributed by atoms with E-state index < -0.39 is 71.6 Å². The second-order valence-electron chi connectivity index (χ2n) is 19.7. The van der Waals surface area contributed by atoms with Gasteiger partial charge in [-0.2, -0.15) is 5.06 Å². The first kappa shape index (κ1) is 38.3. The molecule has 2 bridgehead atoms. The number of ether oxygens (including phenoxy) is 4. The van der Waals surface area contributed by atoms with Crippen molar-refractivity contribution in [1.29, 1.82) is 0 Å². The maximum Gasteiger partial charge on any atom is 0.327 e. The summed E-state index contributed by atoms with van der Waals surface area (Å²) >= 11 is 0. The summed E-state index contributed by atoms with van der Waals surface area (Å²) in [5.74, 6) is -0.967. The van der Waals surface area contributed by atoms with Gasteiger partial charge in [-0.3, -0.25) is 19.2 Å². The molecule has 0 aromatic heterocycles. The molecule has 4 N–H and O–H groups in total. The van der Waals surface area contributed by atoms with Gasteiger partial charge in [-0.15, -0.1) is 0 Å². The molecule has 1 aromatic rings. The number of carbonyl (C=O) groups excluding carboxylic acids is 3. The summed E-state index contributed by atoms with van der Waals surface area (Å²) < 4.78 is 26.2. The molecule has 12 unspecified atom stereocenters. The quantitative estimate of drug-likeness (QED) is 0.191. The fourth-order valence-electron chi connectivity index (χ4n) is 12.0. The van der Waals surface area contributed by atoms with Crippen LogP contribution >= 0.6 is 0 Å². The van der Waals surface area contributed by atoms with E-state index >= 15 is 0 Å². The van der Waals surface area contributed by atoms with Crippen LogP contribution in [0, 0.1) is 34.5 Å². The third-order valence-electron chi connectivity index (χ3n) is 15.4. The molecule has 57 heavy (non-hydrogen) atoms. The Morgan fingerprint density at radius 1 is 1.02 bits per heavy atom. The second kappa shape index (κ2) is 13.6. The van der Waals surface area contributed by atoms with Crippen LogP contribution in [0.15, 0.2) is 29.8 Å². The van der Waals surface area contributed by atoms with Crippen molar-refractivity contribution in [2.24, 2.45) is 34.5 Å². The van der Waals surface area contributed by atoms with Gasteiger partial charge in [0.2, 0.25) is 11.8 Å². The lowest BCUT2D eigenvalue weighted by Crippen LogP contribution is -2.71. The number of esters is 1. The number of nitrogens with one attached hydrogen (secondary N) is 2. The maximum atomic E-state index is 14.9. The van der Waals surface area contributed by atoms with Crippen LogP contribution in [0.2, 0.25) is 0 Å². The smallest absolute Gasteiger partial charge is 0.327 e. The number of aliphatic hydroxyl groups excluding tert-OH is 2. The normalized spacial score (nSPS) is 41.5. The van der Waals surface area contributed by atoms with Gasteiger partial charge in [0, 0.05) is 24.8 Å². The minimum absolute atomic E-state index is 0.0175. The van der Waals surface area contributed by atoms with Crippen molar-refractivity contribution < 1.29 is 48.4 Å². The Hall–Kier alpha value is -2.91. The number of amides is 2. The number of hydroxylamine groups is 2. The Morgan fingerprint density at radius 3 is 2.47 bits per heavy atom. The zero-order valence-electron chi connectivity index (χ0n) is 33.6. The van der Waals surface area contributed by atoms with Gasteiger partial charge in [0.15, 0.2) is 11.8 Å². The van der Waals surface area contributed by atoms with Gasteiger partial charge in [0.25, 0.3) is 0 Å². The van der Waals surface area contributed by atoms with Crippen molar-refractivity contribution in [3.8, 4) is 0 Å². The van der Waals surface area contributed by atoms with Crippen LogP contribution in [0.5, 0.6) is 0 Å². The van der Waals surface area contributed by atoms with Crippen LogP contribution < -0.4 is 10.6 Å². The van der Waals surface area contributed by atoms with E-state index in [9.17, 15) is 24.6 Å². The minimum atomic E-state index is -1.50. The predicted octanol–water partition coefficient (Wildman–Crippen LogP) is 3.54. The molecule has 2 amide bonds. The largest absolute Gasteiger partial charge is 0.458 e. The number of benzene rings is 1. The molecule has 10 rings (SSSR count). The third kappa shape index (κ3) is 6.23. The van der Waals surface area contributed by atoms with Gasteiger partial charge in [0.05, 0.1) is 31.0 Å². The first-order valence-electron chi connectivity index (χ1n) is 21.6. The van der Waals surface area contributed by atoms with E-state index in [4.69, 9.17) is 23.8 Å².